The van der Waals surface area contributed by atoms with Crippen LogP contribution in [0.3, 0.4) is 0 Å². The summed E-state index contributed by atoms with van der Waals surface area (Å²) in [6.45, 7) is 2.03. The molecular weight excluding hydrogens is 364 g/mol. The van der Waals surface area contributed by atoms with Crippen LogP contribution in [0.25, 0.3) is 17.0 Å². The van der Waals surface area contributed by atoms with Gasteiger partial charge in [0.2, 0.25) is 0 Å². The first-order valence-electron chi connectivity index (χ1n) is 8.78. The number of unbranched alkanes of at least 4 members (excludes halogenated alkanes) is 1. The normalized spacial score (nSPS) is 11.2. The Bertz CT molecular complexity index is 1030. The molecular formula is C22H19ClO4. The third-order valence-corrected chi connectivity index (χ3v) is 4.37. The van der Waals surface area contributed by atoms with Gasteiger partial charge in [-0.25, -0.2) is 9.59 Å². The molecule has 2 aromatic carbocycles. The summed E-state index contributed by atoms with van der Waals surface area (Å²) in [7, 11) is 0. The number of hydrogen-bond acceptors (Lipinski definition) is 4. The number of fused-ring (bicyclic) bond motifs is 1. The SMILES string of the molecule is CCCCc1c(OC(=O)/C=C/c2ccc(Cl)cc2)c2ccccc2oc1=O. The molecule has 1 aromatic heterocycles. The molecule has 0 atom stereocenters. The van der Waals surface area contributed by atoms with Gasteiger partial charge in [-0.1, -0.05) is 49.2 Å². The van der Waals surface area contributed by atoms with Crippen LogP contribution < -0.4 is 10.4 Å². The largest absolute Gasteiger partial charge is 0.422 e. The van der Waals surface area contributed by atoms with Gasteiger partial charge in [0.15, 0.2) is 5.75 Å². The Balaban J connectivity index is 1.93. The van der Waals surface area contributed by atoms with Gasteiger partial charge in [-0.2, -0.15) is 0 Å². The number of carbonyl (C=O) groups is 1. The van der Waals surface area contributed by atoms with E-state index in [1.807, 2.05) is 13.0 Å². The maximum atomic E-state index is 12.4. The Hall–Kier alpha value is -2.85. The predicted octanol–water partition coefficient (Wildman–Crippen LogP) is 5.41. The fraction of sp³-hybridized carbons (Fsp3) is 0.182. The Morgan fingerprint density at radius 1 is 1.15 bits per heavy atom. The van der Waals surface area contributed by atoms with Gasteiger partial charge in [0, 0.05) is 11.1 Å². The van der Waals surface area contributed by atoms with E-state index in [-0.39, 0.29) is 5.75 Å². The average Bonchev–Trinajstić information content (AvgIpc) is 2.67. The lowest BCUT2D eigenvalue weighted by atomic mass is 10.1. The van der Waals surface area contributed by atoms with Crippen LogP contribution in [-0.4, -0.2) is 5.97 Å². The summed E-state index contributed by atoms with van der Waals surface area (Å²) in [5.74, 6) is -0.278. The zero-order valence-corrected chi connectivity index (χ0v) is 15.7. The van der Waals surface area contributed by atoms with Gasteiger partial charge in [0.1, 0.15) is 5.58 Å². The van der Waals surface area contributed by atoms with Crippen molar-refractivity contribution in [2.24, 2.45) is 0 Å². The van der Waals surface area contributed by atoms with Crippen molar-refractivity contribution in [2.75, 3.05) is 0 Å². The van der Waals surface area contributed by atoms with Crippen LogP contribution in [0.1, 0.15) is 30.9 Å². The van der Waals surface area contributed by atoms with E-state index in [1.54, 1.807) is 48.5 Å². The molecule has 138 valence electrons. The van der Waals surface area contributed by atoms with Crippen molar-refractivity contribution in [3.8, 4) is 5.75 Å². The van der Waals surface area contributed by atoms with E-state index >= 15 is 0 Å². The fourth-order valence-corrected chi connectivity index (χ4v) is 2.84. The van der Waals surface area contributed by atoms with Crippen LogP contribution in [0, 0.1) is 0 Å². The third kappa shape index (κ3) is 4.66. The van der Waals surface area contributed by atoms with Crippen LogP contribution in [-0.2, 0) is 11.2 Å². The van der Waals surface area contributed by atoms with E-state index in [2.05, 4.69) is 0 Å². The van der Waals surface area contributed by atoms with E-state index in [1.165, 1.54) is 6.08 Å². The molecule has 4 nitrogen and oxygen atoms in total. The molecule has 0 aliphatic rings. The molecule has 0 bridgehead atoms. The van der Waals surface area contributed by atoms with Gasteiger partial charge < -0.3 is 9.15 Å². The van der Waals surface area contributed by atoms with Crippen molar-refractivity contribution >= 4 is 34.6 Å². The monoisotopic (exact) mass is 382 g/mol. The zero-order chi connectivity index (χ0) is 19.2. The Morgan fingerprint density at radius 3 is 2.63 bits per heavy atom. The summed E-state index contributed by atoms with van der Waals surface area (Å²) in [5.41, 5.74) is 1.14. The highest BCUT2D eigenvalue weighted by molar-refractivity contribution is 6.30. The molecule has 0 saturated heterocycles. The second-order valence-corrected chi connectivity index (χ2v) is 6.54. The van der Waals surface area contributed by atoms with Gasteiger partial charge in [-0.05, 0) is 48.7 Å². The van der Waals surface area contributed by atoms with Crippen LogP contribution in [0.15, 0.2) is 63.8 Å². The molecule has 3 rings (SSSR count). The van der Waals surface area contributed by atoms with Gasteiger partial charge in [0.05, 0.1) is 10.9 Å². The maximum absolute atomic E-state index is 12.4. The smallest absolute Gasteiger partial charge is 0.343 e. The molecule has 27 heavy (non-hydrogen) atoms. The number of ether oxygens (including phenoxy) is 1. The minimum Gasteiger partial charge on any atom is -0.422 e. The number of hydrogen-bond donors (Lipinski definition) is 0. The molecule has 0 radical (unpaired) electrons. The van der Waals surface area contributed by atoms with Crippen molar-refractivity contribution in [1.82, 2.24) is 0 Å². The molecule has 0 amide bonds. The van der Waals surface area contributed by atoms with Crippen molar-refractivity contribution in [2.45, 2.75) is 26.2 Å². The first-order chi connectivity index (χ1) is 13.1. The number of benzene rings is 2. The van der Waals surface area contributed by atoms with E-state index in [0.29, 0.717) is 28.0 Å². The molecule has 0 saturated carbocycles. The van der Waals surface area contributed by atoms with Crippen LogP contribution in [0.5, 0.6) is 5.75 Å². The lowest BCUT2D eigenvalue weighted by Crippen LogP contribution is -2.14. The lowest BCUT2D eigenvalue weighted by Gasteiger charge is -2.10. The third-order valence-electron chi connectivity index (χ3n) is 4.12. The predicted molar refractivity (Wildman–Crippen MR) is 107 cm³/mol. The highest BCUT2D eigenvalue weighted by atomic mass is 35.5. The highest BCUT2D eigenvalue weighted by Gasteiger charge is 2.17. The van der Waals surface area contributed by atoms with Crippen molar-refractivity contribution < 1.29 is 13.9 Å². The summed E-state index contributed by atoms with van der Waals surface area (Å²) in [5, 5.41) is 1.23. The second-order valence-electron chi connectivity index (χ2n) is 6.10. The molecule has 1 heterocycles. The quantitative estimate of drug-likeness (QED) is 0.325. The van der Waals surface area contributed by atoms with Crippen LogP contribution >= 0.6 is 11.6 Å². The number of para-hydroxylation sites is 1. The van der Waals surface area contributed by atoms with E-state index < -0.39 is 11.6 Å². The molecule has 5 heteroatoms. The van der Waals surface area contributed by atoms with Crippen LogP contribution in [0.4, 0.5) is 0 Å². The molecule has 3 aromatic rings. The Kier molecular flexibility index (Phi) is 6.09. The highest BCUT2D eigenvalue weighted by Crippen LogP contribution is 2.29. The average molecular weight is 383 g/mol. The standard InChI is InChI=1S/C22H19ClO4/c1-2-3-6-18-21(17-7-4-5-8-19(17)26-22(18)25)27-20(24)14-11-15-9-12-16(23)13-10-15/h4-5,7-14H,2-3,6H2,1H3/b14-11+. The van der Waals surface area contributed by atoms with Crippen molar-refractivity contribution in [3.63, 3.8) is 0 Å². The van der Waals surface area contributed by atoms with E-state index in [4.69, 9.17) is 20.8 Å². The molecule has 0 unspecified atom stereocenters. The number of rotatable bonds is 6. The summed E-state index contributed by atoms with van der Waals surface area (Å²) in [6.07, 6.45) is 5.17. The van der Waals surface area contributed by atoms with Gasteiger partial charge in [-0.15, -0.1) is 0 Å². The zero-order valence-electron chi connectivity index (χ0n) is 14.9. The summed E-state index contributed by atoms with van der Waals surface area (Å²) >= 11 is 5.86. The summed E-state index contributed by atoms with van der Waals surface area (Å²) in [4.78, 5) is 24.7. The Labute approximate surface area is 162 Å². The van der Waals surface area contributed by atoms with E-state index in [0.717, 1.165) is 18.4 Å². The first kappa shape index (κ1) is 18.9. The lowest BCUT2D eigenvalue weighted by molar-refractivity contribution is -0.128. The molecule has 0 aliphatic carbocycles. The minimum atomic E-state index is -0.557. The number of esters is 1. The van der Waals surface area contributed by atoms with Gasteiger partial charge in [0.25, 0.3) is 0 Å². The van der Waals surface area contributed by atoms with Gasteiger partial charge in [-0.3, -0.25) is 0 Å². The summed E-state index contributed by atoms with van der Waals surface area (Å²) in [6, 6.07) is 14.1. The number of halogens is 1. The van der Waals surface area contributed by atoms with Crippen molar-refractivity contribution in [1.29, 1.82) is 0 Å². The second kappa shape index (κ2) is 8.69. The minimum absolute atomic E-state index is 0.279. The topological polar surface area (TPSA) is 56.5 Å². The maximum Gasteiger partial charge on any atom is 0.343 e. The molecule has 0 N–H and O–H groups in total. The molecule has 0 fully saturated rings. The van der Waals surface area contributed by atoms with Gasteiger partial charge >= 0.3 is 11.6 Å². The first-order valence-corrected chi connectivity index (χ1v) is 9.16. The van der Waals surface area contributed by atoms with Crippen molar-refractivity contribution in [3.05, 3.63) is 81.2 Å². The van der Waals surface area contributed by atoms with Crippen LogP contribution in [0.2, 0.25) is 5.02 Å². The number of carbonyl (C=O) groups excluding carboxylic acids is 1. The van der Waals surface area contributed by atoms with E-state index in [9.17, 15) is 9.59 Å². The molecule has 0 aliphatic heterocycles. The molecule has 0 spiro atoms. The fourth-order valence-electron chi connectivity index (χ4n) is 2.72. The Morgan fingerprint density at radius 2 is 1.89 bits per heavy atom. The summed E-state index contributed by atoms with van der Waals surface area (Å²) < 4.78 is 10.9.